The Hall–Kier alpha value is 0.210. The third kappa shape index (κ3) is 3.35. The third-order valence-corrected chi connectivity index (χ3v) is 4.61. The molecule has 2 fully saturated rings. The number of rotatable bonds is 3. The lowest BCUT2D eigenvalue weighted by Gasteiger charge is -2.35. The normalized spacial score (nSPS) is 40.9. The molecule has 0 heterocycles. The van der Waals surface area contributed by atoms with Gasteiger partial charge in [0.05, 0.1) is 6.10 Å². The number of ether oxygens (including phenoxy) is 1. The van der Waals surface area contributed by atoms with E-state index in [1.807, 2.05) is 7.11 Å². The lowest BCUT2D eigenvalue weighted by Crippen LogP contribution is -2.47. The lowest BCUT2D eigenvalue weighted by molar-refractivity contribution is 0.0560. The molecule has 0 radical (unpaired) electrons. The molecule has 0 bridgehead atoms. The minimum absolute atomic E-state index is 0.344. The van der Waals surface area contributed by atoms with E-state index in [0.29, 0.717) is 23.6 Å². The largest absolute Gasteiger partial charge is 0.381 e. The fourth-order valence-corrected chi connectivity index (χ4v) is 3.44. The van der Waals surface area contributed by atoms with E-state index in [1.54, 1.807) is 0 Å². The average Bonchev–Trinajstić information content (AvgIpc) is 2.32. The van der Waals surface area contributed by atoms with E-state index in [1.165, 1.54) is 44.9 Å². The molecule has 0 aromatic heterocycles. The first-order chi connectivity index (χ1) is 7.79. The highest BCUT2D eigenvalue weighted by atomic mass is 35.5. The van der Waals surface area contributed by atoms with E-state index >= 15 is 0 Å². The van der Waals surface area contributed by atoms with Crippen LogP contribution in [0.5, 0.6) is 0 Å². The minimum Gasteiger partial charge on any atom is -0.381 e. The van der Waals surface area contributed by atoms with Crippen molar-refractivity contribution in [1.29, 1.82) is 0 Å². The Morgan fingerprint density at radius 1 is 1.06 bits per heavy atom. The quantitative estimate of drug-likeness (QED) is 0.772. The van der Waals surface area contributed by atoms with Crippen LogP contribution in [0.15, 0.2) is 0 Å². The van der Waals surface area contributed by atoms with Gasteiger partial charge in [0.15, 0.2) is 0 Å². The van der Waals surface area contributed by atoms with Crippen molar-refractivity contribution in [3.63, 3.8) is 0 Å². The molecule has 2 saturated carbocycles. The standard InChI is InChI=1S/C13H24ClNO/c1-16-11-6-4-5-10(9-11)15-13-8-3-2-7-12(13)14/h10-13,15H,2-9H2,1H3. The number of nitrogens with one attached hydrogen (secondary N) is 1. The van der Waals surface area contributed by atoms with Crippen LogP contribution < -0.4 is 5.32 Å². The van der Waals surface area contributed by atoms with Crippen molar-refractivity contribution in [2.75, 3.05) is 7.11 Å². The lowest BCUT2D eigenvalue weighted by atomic mass is 9.89. The molecular formula is C13H24ClNO. The summed E-state index contributed by atoms with van der Waals surface area (Å²) in [6.45, 7) is 0. The molecule has 4 atom stereocenters. The maximum absolute atomic E-state index is 6.38. The Morgan fingerprint density at radius 3 is 2.62 bits per heavy atom. The smallest absolute Gasteiger partial charge is 0.0586 e. The predicted octanol–water partition coefficient (Wildman–Crippen LogP) is 3.08. The minimum atomic E-state index is 0.344. The van der Waals surface area contributed by atoms with Gasteiger partial charge in [-0.25, -0.2) is 0 Å². The van der Waals surface area contributed by atoms with Crippen LogP contribution in [0.3, 0.4) is 0 Å². The highest BCUT2D eigenvalue weighted by Gasteiger charge is 2.28. The van der Waals surface area contributed by atoms with Gasteiger partial charge in [0.25, 0.3) is 0 Å². The molecule has 2 rings (SSSR count). The predicted molar refractivity (Wildman–Crippen MR) is 68.1 cm³/mol. The van der Waals surface area contributed by atoms with E-state index in [-0.39, 0.29) is 0 Å². The molecular weight excluding hydrogens is 222 g/mol. The Balaban J connectivity index is 1.79. The van der Waals surface area contributed by atoms with Crippen molar-refractivity contribution in [3.05, 3.63) is 0 Å². The van der Waals surface area contributed by atoms with E-state index in [9.17, 15) is 0 Å². The zero-order chi connectivity index (χ0) is 11.4. The molecule has 0 amide bonds. The van der Waals surface area contributed by atoms with Crippen LogP contribution in [0.2, 0.25) is 0 Å². The highest BCUT2D eigenvalue weighted by Crippen LogP contribution is 2.26. The van der Waals surface area contributed by atoms with Crippen LogP contribution in [0.1, 0.15) is 51.4 Å². The van der Waals surface area contributed by atoms with Gasteiger partial charge in [0.2, 0.25) is 0 Å². The summed E-state index contributed by atoms with van der Waals surface area (Å²) in [6.07, 6.45) is 10.5. The van der Waals surface area contributed by atoms with Crippen LogP contribution in [-0.4, -0.2) is 30.7 Å². The highest BCUT2D eigenvalue weighted by molar-refractivity contribution is 6.21. The Kier molecular flexibility index (Phi) is 4.93. The summed E-state index contributed by atoms with van der Waals surface area (Å²) >= 11 is 6.38. The van der Waals surface area contributed by atoms with Gasteiger partial charge in [0.1, 0.15) is 0 Å². The summed E-state index contributed by atoms with van der Waals surface area (Å²) in [6, 6.07) is 1.17. The van der Waals surface area contributed by atoms with E-state index < -0.39 is 0 Å². The fourth-order valence-electron chi connectivity index (χ4n) is 3.09. The van der Waals surface area contributed by atoms with Crippen molar-refractivity contribution in [3.8, 4) is 0 Å². The van der Waals surface area contributed by atoms with Gasteiger partial charge in [-0.3, -0.25) is 0 Å². The molecule has 94 valence electrons. The Morgan fingerprint density at radius 2 is 1.88 bits per heavy atom. The SMILES string of the molecule is COC1CCCC(NC2CCCCC2Cl)C1. The molecule has 1 N–H and O–H groups in total. The van der Waals surface area contributed by atoms with Gasteiger partial charge in [0, 0.05) is 24.6 Å². The van der Waals surface area contributed by atoms with E-state index in [0.717, 1.165) is 6.42 Å². The summed E-state index contributed by atoms with van der Waals surface area (Å²) in [4.78, 5) is 0. The monoisotopic (exact) mass is 245 g/mol. The van der Waals surface area contributed by atoms with Crippen LogP contribution in [0.25, 0.3) is 0 Å². The van der Waals surface area contributed by atoms with Gasteiger partial charge in [-0.1, -0.05) is 12.8 Å². The van der Waals surface area contributed by atoms with Crippen LogP contribution in [0.4, 0.5) is 0 Å². The fraction of sp³-hybridized carbons (Fsp3) is 1.00. The Labute approximate surface area is 104 Å². The van der Waals surface area contributed by atoms with Gasteiger partial charge >= 0.3 is 0 Å². The molecule has 2 aliphatic rings. The second-order valence-electron chi connectivity index (χ2n) is 5.29. The maximum atomic E-state index is 6.38. The van der Waals surface area contributed by atoms with Crippen molar-refractivity contribution < 1.29 is 4.74 Å². The molecule has 4 unspecified atom stereocenters. The molecule has 0 aliphatic heterocycles. The van der Waals surface area contributed by atoms with Crippen LogP contribution in [0, 0.1) is 0 Å². The summed E-state index contributed by atoms with van der Waals surface area (Å²) in [7, 11) is 1.83. The van der Waals surface area contributed by atoms with Crippen molar-refractivity contribution in [1.82, 2.24) is 5.32 Å². The molecule has 0 saturated heterocycles. The van der Waals surface area contributed by atoms with Gasteiger partial charge in [-0.15, -0.1) is 11.6 Å². The van der Waals surface area contributed by atoms with Gasteiger partial charge in [-0.05, 0) is 38.5 Å². The first kappa shape index (κ1) is 12.7. The van der Waals surface area contributed by atoms with Crippen molar-refractivity contribution in [2.24, 2.45) is 0 Å². The summed E-state index contributed by atoms with van der Waals surface area (Å²) in [5.74, 6) is 0. The van der Waals surface area contributed by atoms with Crippen LogP contribution in [-0.2, 0) is 4.74 Å². The first-order valence-corrected chi connectivity index (χ1v) is 7.16. The maximum Gasteiger partial charge on any atom is 0.0586 e. The molecule has 2 aliphatic carbocycles. The number of hydrogen-bond acceptors (Lipinski definition) is 2. The molecule has 0 spiro atoms. The second-order valence-corrected chi connectivity index (χ2v) is 5.86. The van der Waals surface area contributed by atoms with Gasteiger partial charge in [-0.2, -0.15) is 0 Å². The molecule has 0 aromatic rings. The zero-order valence-corrected chi connectivity index (χ0v) is 11.0. The molecule has 16 heavy (non-hydrogen) atoms. The van der Waals surface area contributed by atoms with Crippen molar-refractivity contribution in [2.45, 2.75) is 74.9 Å². The van der Waals surface area contributed by atoms with E-state index in [4.69, 9.17) is 16.3 Å². The van der Waals surface area contributed by atoms with Crippen molar-refractivity contribution >= 4 is 11.6 Å². The molecule has 0 aromatic carbocycles. The number of methoxy groups -OCH3 is 1. The average molecular weight is 246 g/mol. The molecule has 3 heteroatoms. The first-order valence-electron chi connectivity index (χ1n) is 6.72. The summed E-state index contributed by atoms with van der Waals surface area (Å²) < 4.78 is 5.46. The molecule has 2 nitrogen and oxygen atoms in total. The van der Waals surface area contributed by atoms with Crippen LogP contribution >= 0.6 is 11.6 Å². The Bertz CT molecular complexity index is 212. The summed E-state index contributed by atoms with van der Waals surface area (Å²) in [5.41, 5.74) is 0. The third-order valence-electron chi connectivity index (χ3n) is 4.09. The zero-order valence-electron chi connectivity index (χ0n) is 10.3. The number of halogens is 1. The van der Waals surface area contributed by atoms with E-state index in [2.05, 4.69) is 5.32 Å². The topological polar surface area (TPSA) is 21.3 Å². The number of alkyl halides is 1. The number of hydrogen-bond donors (Lipinski definition) is 1. The summed E-state index contributed by atoms with van der Waals surface area (Å²) in [5, 5.41) is 4.10. The second kappa shape index (κ2) is 6.23. The van der Waals surface area contributed by atoms with Gasteiger partial charge < -0.3 is 10.1 Å².